The normalized spacial score (nSPS) is 12.7. The Balaban J connectivity index is 2.54. The summed E-state index contributed by atoms with van der Waals surface area (Å²) in [5, 5.41) is 14.4. The average molecular weight is 235 g/mol. The minimum absolute atomic E-state index is 0.0510. The Hall–Kier alpha value is -1.82. The fourth-order valence-electron chi connectivity index (χ4n) is 1.56. The molecule has 1 atom stereocenters. The number of hydrogen-bond acceptors (Lipinski definition) is 4. The number of nitrogens with one attached hydrogen (secondary N) is 1. The number of rotatable bonds is 3. The molecule has 0 bridgehead atoms. The van der Waals surface area contributed by atoms with Gasteiger partial charge in [-0.15, -0.1) is 5.10 Å². The Morgan fingerprint density at radius 1 is 1.41 bits per heavy atom. The lowest BCUT2D eigenvalue weighted by Gasteiger charge is -2.11. The summed E-state index contributed by atoms with van der Waals surface area (Å²) in [7, 11) is 1.80. The molecule has 0 saturated carbocycles. The summed E-state index contributed by atoms with van der Waals surface area (Å²) in [4.78, 5) is 0. The highest BCUT2D eigenvalue weighted by Crippen LogP contribution is 2.18. The molecule has 90 valence electrons. The molecule has 17 heavy (non-hydrogen) atoms. The molecule has 2 rings (SSSR count). The second-order valence-corrected chi connectivity index (χ2v) is 3.87. The van der Waals surface area contributed by atoms with Gasteiger partial charge in [-0.1, -0.05) is 12.1 Å². The Kier molecular flexibility index (Phi) is 3.14. The minimum Gasteiger partial charge on any atom is -0.311 e. The molecule has 0 saturated heterocycles. The molecule has 0 aliphatic carbocycles. The largest absolute Gasteiger partial charge is 0.311 e. The molecule has 1 N–H and O–H groups in total. The number of benzene rings is 1. The molecule has 1 unspecified atom stereocenters. The number of hydrogen-bond donors (Lipinski definition) is 1. The summed E-state index contributed by atoms with van der Waals surface area (Å²) in [6.07, 6.45) is 0. The van der Waals surface area contributed by atoms with Crippen LogP contribution in [0.1, 0.15) is 24.4 Å². The molecule has 0 spiro atoms. The molecule has 1 heterocycles. The van der Waals surface area contributed by atoms with Crippen molar-refractivity contribution in [1.82, 2.24) is 25.5 Å². The van der Waals surface area contributed by atoms with Gasteiger partial charge in [0.1, 0.15) is 5.69 Å². The third kappa shape index (κ3) is 2.03. The van der Waals surface area contributed by atoms with E-state index in [9.17, 15) is 4.39 Å². The zero-order chi connectivity index (χ0) is 12.4. The van der Waals surface area contributed by atoms with E-state index in [1.165, 1.54) is 4.68 Å². The predicted molar refractivity (Wildman–Crippen MR) is 61.3 cm³/mol. The van der Waals surface area contributed by atoms with E-state index in [-0.39, 0.29) is 11.9 Å². The van der Waals surface area contributed by atoms with E-state index in [4.69, 9.17) is 0 Å². The van der Waals surface area contributed by atoms with Gasteiger partial charge in [0, 0.05) is 0 Å². The first-order valence-electron chi connectivity index (χ1n) is 5.36. The molecule has 1 aromatic heterocycles. The van der Waals surface area contributed by atoms with E-state index < -0.39 is 0 Å². The molecule has 0 fully saturated rings. The molecule has 0 radical (unpaired) electrons. The summed E-state index contributed by atoms with van der Waals surface area (Å²) >= 11 is 0. The summed E-state index contributed by atoms with van der Waals surface area (Å²) in [5.41, 5.74) is 0.938. The van der Waals surface area contributed by atoms with Crippen molar-refractivity contribution >= 4 is 0 Å². The average Bonchev–Trinajstić information content (AvgIpc) is 2.80. The molecule has 0 amide bonds. The van der Waals surface area contributed by atoms with Crippen LogP contribution in [0.3, 0.4) is 0 Å². The topological polar surface area (TPSA) is 55.6 Å². The highest BCUT2D eigenvalue weighted by Gasteiger charge is 2.17. The van der Waals surface area contributed by atoms with Crippen LogP contribution in [0.15, 0.2) is 18.2 Å². The van der Waals surface area contributed by atoms with E-state index in [0.717, 1.165) is 0 Å². The Labute approximate surface area is 98.6 Å². The molecule has 1 aromatic carbocycles. The van der Waals surface area contributed by atoms with Gasteiger partial charge in [-0.3, -0.25) is 0 Å². The van der Waals surface area contributed by atoms with Gasteiger partial charge in [0.2, 0.25) is 0 Å². The van der Waals surface area contributed by atoms with Gasteiger partial charge in [0.05, 0.1) is 6.04 Å². The number of nitrogens with zero attached hydrogens (tertiary/aromatic N) is 4. The second-order valence-electron chi connectivity index (χ2n) is 3.87. The molecule has 6 heteroatoms. The monoisotopic (exact) mass is 235 g/mol. The summed E-state index contributed by atoms with van der Waals surface area (Å²) in [5.74, 6) is 0.279. The van der Waals surface area contributed by atoms with Gasteiger partial charge in [-0.05, 0) is 43.0 Å². The van der Waals surface area contributed by atoms with Crippen molar-refractivity contribution in [3.63, 3.8) is 0 Å². The maximum atomic E-state index is 14.0. The number of aryl methyl sites for hydroxylation is 1. The number of halogens is 1. The maximum Gasteiger partial charge on any atom is 0.173 e. The van der Waals surface area contributed by atoms with E-state index in [0.29, 0.717) is 17.1 Å². The lowest BCUT2D eigenvalue weighted by Crippen LogP contribution is -2.18. The smallest absolute Gasteiger partial charge is 0.173 e. The molecule has 2 aromatic rings. The fourth-order valence-corrected chi connectivity index (χ4v) is 1.56. The van der Waals surface area contributed by atoms with Crippen molar-refractivity contribution in [3.05, 3.63) is 35.4 Å². The lowest BCUT2D eigenvalue weighted by atomic mass is 10.2. The van der Waals surface area contributed by atoms with Crippen LogP contribution in [-0.2, 0) is 0 Å². The van der Waals surface area contributed by atoms with Crippen molar-refractivity contribution in [2.24, 2.45) is 0 Å². The molecule has 0 aliphatic rings. The summed E-state index contributed by atoms with van der Waals surface area (Å²) in [6, 6.07) is 5.10. The van der Waals surface area contributed by atoms with Gasteiger partial charge in [-0.2, -0.15) is 4.68 Å². The zero-order valence-electron chi connectivity index (χ0n) is 9.98. The Morgan fingerprint density at radius 3 is 2.88 bits per heavy atom. The van der Waals surface area contributed by atoms with Crippen LogP contribution in [-0.4, -0.2) is 27.3 Å². The van der Waals surface area contributed by atoms with E-state index >= 15 is 0 Å². The van der Waals surface area contributed by atoms with E-state index in [1.807, 2.05) is 6.92 Å². The third-order valence-electron chi connectivity index (χ3n) is 2.71. The predicted octanol–water partition coefficient (Wildman–Crippen LogP) is 1.39. The van der Waals surface area contributed by atoms with Crippen molar-refractivity contribution in [3.8, 4) is 5.69 Å². The zero-order valence-corrected chi connectivity index (χ0v) is 9.98. The number of tetrazole rings is 1. The summed E-state index contributed by atoms with van der Waals surface area (Å²) in [6.45, 7) is 3.63. The van der Waals surface area contributed by atoms with Gasteiger partial charge >= 0.3 is 0 Å². The van der Waals surface area contributed by atoms with Gasteiger partial charge in [-0.25, -0.2) is 4.39 Å². The first kappa shape index (κ1) is 11.7. The van der Waals surface area contributed by atoms with Crippen LogP contribution >= 0.6 is 0 Å². The van der Waals surface area contributed by atoms with Crippen LogP contribution in [0.2, 0.25) is 0 Å². The van der Waals surface area contributed by atoms with Crippen LogP contribution in [0, 0.1) is 12.7 Å². The van der Waals surface area contributed by atoms with Gasteiger partial charge in [0.25, 0.3) is 0 Å². The van der Waals surface area contributed by atoms with Crippen LogP contribution < -0.4 is 5.32 Å². The molecule has 0 aliphatic heterocycles. The van der Waals surface area contributed by atoms with Crippen molar-refractivity contribution in [2.75, 3.05) is 7.05 Å². The standard InChI is InChI=1S/C11H14FN5/c1-7-5-4-6-9(10(7)12)17-11(8(2)13-3)14-15-16-17/h4-6,8,13H,1-3H3. The lowest BCUT2D eigenvalue weighted by molar-refractivity contribution is 0.563. The quantitative estimate of drug-likeness (QED) is 0.873. The first-order valence-corrected chi connectivity index (χ1v) is 5.36. The number of aromatic nitrogens is 4. The minimum atomic E-state index is -0.302. The van der Waals surface area contributed by atoms with Gasteiger partial charge in [0.15, 0.2) is 11.6 Å². The Bertz CT molecular complexity index is 522. The highest BCUT2D eigenvalue weighted by molar-refractivity contribution is 5.37. The van der Waals surface area contributed by atoms with Crippen LogP contribution in [0.25, 0.3) is 5.69 Å². The second kappa shape index (κ2) is 4.58. The van der Waals surface area contributed by atoms with E-state index in [1.54, 1.807) is 32.2 Å². The Morgan fingerprint density at radius 2 is 2.18 bits per heavy atom. The van der Waals surface area contributed by atoms with E-state index in [2.05, 4.69) is 20.8 Å². The molecular weight excluding hydrogens is 221 g/mol. The SMILES string of the molecule is CNC(C)c1nnnn1-c1cccc(C)c1F. The van der Waals surface area contributed by atoms with Crippen molar-refractivity contribution in [2.45, 2.75) is 19.9 Å². The third-order valence-corrected chi connectivity index (χ3v) is 2.71. The van der Waals surface area contributed by atoms with Crippen LogP contribution in [0.4, 0.5) is 4.39 Å². The van der Waals surface area contributed by atoms with Crippen molar-refractivity contribution in [1.29, 1.82) is 0 Å². The summed E-state index contributed by atoms with van der Waals surface area (Å²) < 4.78 is 15.4. The maximum absolute atomic E-state index is 14.0. The molecule has 5 nitrogen and oxygen atoms in total. The first-order chi connectivity index (χ1) is 8.15. The van der Waals surface area contributed by atoms with Crippen molar-refractivity contribution < 1.29 is 4.39 Å². The highest BCUT2D eigenvalue weighted by atomic mass is 19.1. The molecular formula is C11H14FN5. The fraction of sp³-hybridized carbons (Fsp3) is 0.364. The van der Waals surface area contributed by atoms with Crippen LogP contribution in [0.5, 0.6) is 0 Å². The van der Waals surface area contributed by atoms with Gasteiger partial charge < -0.3 is 5.32 Å².